The maximum Gasteiger partial charge on any atom is 0.224 e. The molecule has 6 heterocycles. The van der Waals surface area contributed by atoms with Crippen molar-refractivity contribution in [2.45, 2.75) is 0 Å². The van der Waals surface area contributed by atoms with Gasteiger partial charge >= 0.3 is 0 Å². The van der Waals surface area contributed by atoms with E-state index in [9.17, 15) is 0 Å². The number of anilines is 6. The second-order valence-corrected chi connectivity index (χ2v) is 20.1. The summed E-state index contributed by atoms with van der Waals surface area (Å²) in [6, 6.07) is 64.4. The Morgan fingerprint density at radius 2 is 0.753 bits per heavy atom. The molecule has 14 rings (SSSR count). The standard InChI is InChI=1S/C23H18ClN3.C22H17ClN4.C18H15ClN4/c1-26(22-14-23(24)25-19-9-5-3-8-17(19)22)15-11-12-21-18(13-15)16-7-4-6-10-20(16)27(21)2;1-26(21-16-8-3-5-9-18(16)24-22(23)25-21)14-11-12-20-17(13-14)15-7-4-6-10-19(15)27(20)2;1-22-10-9-12-11-13(7-8-16(12)22)23(2)17-14-5-3-4-6-15(14)20-18(19)21-17/h3-14H,1-2H3;3-13H,1-2H3;3-11H,1-2H3. The van der Waals surface area contributed by atoms with E-state index in [2.05, 4.69) is 191 Å². The second kappa shape index (κ2) is 20.1. The van der Waals surface area contributed by atoms with E-state index in [4.69, 9.17) is 34.8 Å². The van der Waals surface area contributed by atoms with Gasteiger partial charge in [0.2, 0.25) is 10.6 Å². The predicted molar refractivity (Wildman–Crippen MR) is 324 cm³/mol. The van der Waals surface area contributed by atoms with Gasteiger partial charge in [-0.05, 0) is 132 Å². The van der Waals surface area contributed by atoms with Gasteiger partial charge in [0.05, 0.1) is 22.2 Å². The third-order valence-electron chi connectivity index (χ3n) is 14.6. The largest absolute Gasteiger partial charge is 0.351 e. The van der Waals surface area contributed by atoms with Crippen LogP contribution >= 0.6 is 34.8 Å². The van der Waals surface area contributed by atoms with Crippen LogP contribution < -0.4 is 14.7 Å². The Morgan fingerprint density at radius 1 is 0.351 bits per heavy atom. The maximum atomic E-state index is 6.29. The van der Waals surface area contributed by atoms with Crippen molar-refractivity contribution in [3.8, 4) is 0 Å². The predicted octanol–water partition coefficient (Wildman–Crippen LogP) is 16.5. The van der Waals surface area contributed by atoms with E-state index in [1.807, 2.05) is 98.8 Å². The number of aromatic nitrogens is 8. The summed E-state index contributed by atoms with van der Waals surface area (Å²) in [5.74, 6) is 1.60. The van der Waals surface area contributed by atoms with Crippen molar-refractivity contribution in [3.63, 3.8) is 0 Å². The number of hydrogen-bond acceptors (Lipinski definition) is 8. The molecule has 0 aliphatic heterocycles. The van der Waals surface area contributed by atoms with E-state index in [-0.39, 0.29) is 10.6 Å². The molecule has 378 valence electrons. The molecule has 0 saturated carbocycles. The quantitative estimate of drug-likeness (QED) is 0.120. The fourth-order valence-electron chi connectivity index (χ4n) is 10.6. The summed E-state index contributed by atoms with van der Waals surface area (Å²) in [6.45, 7) is 0. The summed E-state index contributed by atoms with van der Waals surface area (Å²) in [4.78, 5) is 28.3. The zero-order valence-corrected chi connectivity index (χ0v) is 45.3. The summed E-state index contributed by atoms with van der Waals surface area (Å²) in [5, 5.41) is 10.2. The second-order valence-electron chi connectivity index (χ2n) is 19.1. The summed E-state index contributed by atoms with van der Waals surface area (Å²) in [6.07, 6.45) is 2.06. The summed E-state index contributed by atoms with van der Waals surface area (Å²) < 4.78 is 6.58. The smallest absolute Gasteiger partial charge is 0.224 e. The Labute approximate surface area is 459 Å². The zero-order valence-electron chi connectivity index (χ0n) is 43.0. The monoisotopic (exact) mass is 1070 g/mol. The number of fused-ring (bicyclic) bond motifs is 10. The SMILES string of the molecule is CN(c1ccc2c(c1)c1ccccc1n2C)c1cc(Cl)nc2ccccc12.CN(c1ccc2c(c1)c1ccccc1n2C)c1nc(Cl)nc2ccccc12.CN(c1ccc2c(ccn2C)c1)c1nc(Cl)nc2ccccc12. The Bertz CT molecular complexity index is 4370. The molecule has 0 fully saturated rings. The van der Waals surface area contributed by atoms with Gasteiger partial charge in [-0.25, -0.2) is 15.0 Å². The molecule has 0 spiro atoms. The highest BCUT2D eigenvalue weighted by Gasteiger charge is 2.18. The van der Waals surface area contributed by atoms with Crippen LogP contribution in [0.3, 0.4) is 0 Å². The van der Waals surface area contributed by atoms with E-state index in [0.29, 0.717) is 5.15 Å². The minimum atomic E-state index is 0.252. The first kappa shape index (κ1) is 49.2. The van der Waals surface area contributed by atoms with Crippen molar-refractivity contribution in [1.82, 2.24) is 38.6 Å². The van der Waals surface area contributed by atoms with Crippen molar-refractivity contribution in [1.29, 1.82) is 0 Å². The van der Waals surface area contributed by atoms with Gasteiger partial charge in [-0.1, -0.05) is 90.5 Å². The fourth-order valence-corrected chi connectivity index (χ4v) is 11.1. The third-order valence-corrected chi connectivity index (χ3v) is 15.1. The molecule has 6 aromatic heterocycles. The van der Waals surface area contributed by atoms with Gasteiger partial charge in [-0.3, -0.25) is 0 Å². The van der Waals surface area contributed by atoms with Gasteiger partial charge in [0, 0.05) is 136 Å². The molecule has 0 unspecified atom stereocenters. The molecule has 0 bridgehead atoms. The Hall–Kier alpha value is -8.74. The third kappa shape index (κ3) is 9.01. The number of halogens is 3. The molecule has 0 atom stereocenters. The highest BCUT2D eigenvalue weighted by atomic mass is 35.5. The Morgan fingerprint density at radius 3 is 1.27 bits per heavy atom. The van der Waals surface area contributed by atoms with Crippen LogP contribution in [0.5, 0.6) is 0 Å². The number of hydrogen-bond donors (Lipinski definition) is 0. The fraction of sp³-hybridized carbons (Fsp3) is 0.0952. The van der Waals surface area contributed by atoms with Crippen LogP contribution in [0.25, 0.3) is 87.2 Å². The molecule has 0 N–H and O–H groups in total. The minimum absolute atomic E-state index is 0.252. The van der Waals surface area contributed by atoms with Gasteiger partial charge in [-0.15, -0.1) is 0 Å². The average molecular weight is 1070 g/mol. The highest BCUT2D eigenvalue weighted by molar-refractivity contribution is 6.30. The lowest BCUT2D eigenvalue weighted by Gasteiger charge is -2.22. The van der Waals surface area contributed by atoms with E-state index in [1.54, 1.807) is 0 Å². The van der Waals surface area contributed by atoms with Crippen LogP contribution in [0.15, 0.2) is 194 Å². The summed E-state index contributed by atoms with van der Waals surface area (Å²) in [7, 11) is 12.3. The van der Waals surface area contributed by atoms with Crippen molar-refractivity contribution < 1.29 is 0 Å². The van der Waals surface area contributed by atoms with Crippen LogP contribution in [0.1, 0.15) is 0 Å². The Balaban J connectivity index is 0.000000117. The number of pyridine rings is 1. The van der Waals surface area contributed by atoms with Gasteiger partial charge in [0.1, 0.15) is 16.8 Å². The number of rotatable bonds is 6. The molecule has 11 nitrogen and oxygen atoms in total. The lowest BCUT2D eigenvalue weighted by atomic mass is 10.1. The molecule has 0 aliphatic carbocycles. The van der Waals surface area contributed by atoms with Crippen molar-refractivity contribution in [2.24, 2.45) is 21.1 Å². The van der Waals surface area contributed by atoms with Crippen LogP contribution in [0.4, 0.5) is 34.4 Å². The van der Waals surface area contributed by atoms with E-state index < -0.39 is 0 Å². The molecular formula is C63H50Cl3N11. The first-order valence-electron chi connectivity index (χ1n) is 25.0. The molecule has 0 saturated heterocycles. The molecular weight excluding hydrogens is 1020 g/mol. The van der Waals surface area contributed by atoms with Crippen molar-refractivity contribution in [2.75, 3.05) is 35.8 Å². The van der Waals surface area contributed by atoms with Gasteiger partial charge in [0.15, 0.2) is 0 Å². The molecule has 0 amide bonds. The zero-order chi connectivity index (χ0) is 53.1. The van der Waals surface area contributed by atoms with Crippen LogP contribution in [-0.2, 0) is 21.1 Å². The first-order valence-corrected chi connectivity index (χ1v) is 26.1. The lowest BCUT2D eigenvalue weighted by Crippen LogP contribution is -2.12. The molecule has 0 aliphatic rings. The topological polar surface area (TPSA) is 89.0 Å². The van der Waals surface area contributed by atoms with Crippen LogP contribution in [0.2, 0.25) is 15.7 Å². The molecule has 14 heteroatoms. The lowest BCUT2D eigenvalue weighted by molar-refractivity contribution is 0.969. The molecule has 8 aromatic carbocycles. The van der Waals surface area contributed by atoms with Crippen LogP contribution in [-0.4, -0.2) is 59.8 Å². The minimum Gasteiger partial charge on any atom is -0.351 e. The molecule has 0 radical (unpaired) electrons. The van der Waals surface area contributed by atoms with E-state index >= 15 is 0 Å². The number of para-hydroxylation sites is 5. The summed E-state index contributed by atoms with van der Waals surface area (Å²) >= 11 is 18.6. The Kier molecular flexibility index (Phi) is 12.8. The van der Waals surface area contributed by atoms with Crippen molar-refractivity contribution in [3.05, 3.63) is 210 Å². The number of nitrogens with zero attached hydrogens (tertiary/aromatic N) is 11. The van der Waals surface area contributed by atoms with Gasteiger partial charge in [-0.2, -0.15) is 9.97 Å². The van der Waals surface area contributed by atoms with Crippen LogP contribution in [0, 0.1) is 0 Å². The van der Waals surface area contributed by atoms with Gasteiger partial charge < -0.3 is 28.4 Å². The molecule has 77 heavy (non-hydrogen) atoms. The maximum absolute atomic E-state index is 6.29. The average Bonchev–Trinajstić information content (AvgIpc) is 4.08. The van der Waals surface area contributed by atoms with E-state index in [0.717, 1.165) is 67.1 Å². The number of aryl methyl sites for hydroxylation is 3. The van der Waals surface area contributed by atoms with Crippen molar-refractivity contribution >= 4 is 156 Å². The molecule has 14 aromatic rings. The summed E-state index contributed by atoms with van der Waals surface area (Å²) in [5.41, 5.74) is 13.0. The highest BCUT2D eigenvalue weighted by Crippen LogP contribution is 2.38. The first-order chi connectivity index (χ1) is 37.4. The number of benzene rings is 8. The normalized spacial score (nSPS) is 11.4. The van der Waals surface area contributed by atoms with Gasteiger partial charge in [0.25, 0.3) is 0 Å². The van der Waals surface area contributed by atoms with E-state index in [1.165, 1.54) is 54.5 Å².